The molecule has 183 valence electrons. The minimum absolute atomic E-state index is 0. The Morgan fingerprint density at radius 1 is 1.26 bits per heavy atom. The Labute approximate surface area is 231 Å². The molecule has 0 fully saturated rings. The summed E-state index contributed by atoms with van der Waals surface area (Å²) in [5.74, 6) is -0.459. The molecule has 2 aromatic carbocycles. The zero-order valence-corrected chi connectivity index (χ0v) is 23.6. The Morgan fingerprint density at radius 3 is 2.47 bits per heavy atom. The van der Waals surface area contributed by atoms with Crippen molar-refractivity contribution in [3.63, 3.8) is 0 Å². The van der Waals surface area contributed by atoms with Crippen LogP contribution >= 0.6 is 11.6 Å². The van der Waals surface area contributed by atoms with Gasteiger partial charge in [-0.15, -0.1) is 6.54 Å². The molecule has 1 heterocycles. The van der Waals surface area contributed by atoms with Crippen molar-refractivity contribution in [2.45, 2.75) is 52.7 Å². The number of fused-ring (bicyclic) bond motifs is 1. The molecule has 34 heavy (non-hydrogen) atoms. The molecule has 1 aliphatic rings. The molecular formula is C24H32ClN4O4Y-. The van der Waals surface area contributed by atoms with Crippen LogP contribution in [0.3, 0.4) is 0 Å². The molecule has 10 heteroatoms. The molecule has 0 bridgehead atoms. The number of aryl methyl sites for hydroxylation is 1. The normalized spacial score (nSPS) is 12.1. The van der Waals surface area contributed by atoms with Crippen molar-refractivity contribution in [2.24, 2.45) is 0 Å². The molecule has 3 rings (SSSR count). The quantitative estimate of drug-likeness (QED) is 0.330. The molecule has 0 saturated heterocycles. The summed E-state index contributed by atoms with van der Waals surface area (Å²) in [5.41, 5.74) is 13.3. The fourth-order valence-corrected chi connectivity index (χ4v) is 3.67. The first-order chi connectivity index (χ1) is 15.8. The predicted molar refractivity (Wildman–Crippen MR) is 130 cm³/mol. The van der Waals surface area contributed by atoms with Gasteiger partial charge in [0.2, 0.25) is 5.91 Å². The number of benzene rings is 2. The number of hydrogen-bond acceptors (Lipinski definition) is 5. The van der Waals surface area contributed by atoms with Crippen molar-refractivity contribution in [1.82, 2.24) is 10.2 Å². The topological polar surface area (TPSA) is 123 Å². The molecule has 1 aliphatic heterocycles. The van der Waals surface area contributed by atoms with Crippen LogP contribution in [0.15, 0.2) is 36.4 Å². The number of halogens is 1. The third-order valence-corrected chi connectivity index (χ3v) is 5.08. The van der Waals surface area contributed by atoms with Crippen LogP contribution in [0.25, 0.3) is 5.73 Å². The molecule has 4 N–H and O–H groups in total. The minimum atomic E-state index is -0.639. The Morgan fingerprint density at radius 2 is 1.94 bits per heavy atom. The number of aldehydes is 1. The number of nitrogens with one attached hydrogen (secondary N) is 3. The van der Waals surface area contributed by atoms with Crippen LogP contribution in [0.1, 0.15) is 53.7 Å². The van der Waals surface area contributed by atoms with Gasteiger partial charge in [-0.25, -0.2) is 0 Å². The Kier molecular flexibility index (Phi) is 15.8. The van der Waals surface area contributed by atoms with Crippen LogP contribution in [0.2, 0.25) is 5.02 Å². The second-order valence-corrected chi connectivity index (χ2v) is 7.54. The fourth-order valence-electron chi connectivity index (χ4n) is 3.38. The molecule has 1 unspecified atom stereocenters. The van der Waals surface area contributed by atoms with E-state index in [9.17, 15) is 14.4 Å². The van der Waals surface area contributed by atoms with Gasteiger partial charge in [-0.3, -0.25) is 20.3 Å². The van der Waals surface area contributed by atoms with Gasteiger partial charge in [0.1, 0.15) is 12.3 Å². The first-order valence-electron chi connectivity index (χ1n) is 10.7. The van der Waals surface area contributed by atoms with Gasteiger partial charge in [0.05, 0.1) is 5.69 Å². The molecule has 0 aliphatic carbocycles. The maximum atomic E-state index is 12.4. The van der Waals surface area contributed by atoms with Crippen LogP contribution in [-0.4, -0.2) is 41.3 Å². The first kappa shape index (κ1) is 32.2. The van der Waals surface area contributed by atoms with Crippen LogP contribution < -0.4 is 10.8 Å². The van der Waals surface area contributed by atoms with E-state index in [2.05, 4.69) is 5.32 Å². The number of carbonyl (C=O) groups is 3. The largest absolute Gasteiger partial charge is 0.674 e. The van der Waals surface area contributed by atoms with Crippen LogP contribution in [0.5, 0.6) is 0 Å². The van der Waals surface area contributed by atoms with Gasteiger partial charge in [0.25, 0.3) is 5.91 Å². The summed E-state index contributed by atoms with van der Waals surface area (Å²) in [6.45, 7) is 6.41. The monoisotopic (exact) mass is 564 g/mol. The van der Waals surface area contributed by atoms with Crippen molar-refractivity contribution in [3.8, 4) is 0 Å². The number of anilines is 1. The average Bonchev–Trinajstić information content (AvgIpc) is 3.15. The Bertz CT molecular complexity index is 938. The SMILES string of the molecule is CC.CNC(=O)C(CCC=O)N1Cc2cc(C[NH-])ccc2C1=O.Cc1cc(Cl)cc(NO)c1.[Y]. The zero-order valence-electron chi connectivity index (χ0n) is 20.0. The average molecular weight is 565 g/mol. The number of carbonyl (C=O) groups excluding carboxylic acids is 3. The number of likely N-dealkylation sites (N-methyl/N-ethyl adjacent to an activating group) is 1. The van der Waals surface area contributed by atoms with E-state index in [0.29, 0.717) is 29.2 Å². The molecular weight excluding hydrogens is 533 g/mol. The van der Waals surface area contributed by atoms with E-state index in [1.54, 1.807) is 24.3 Å². The van der Waals surface area contributed by atoms with E-state index >= 15 is 0 Å². The van der Waals surface area contributed by atoms with Crippen LogP contribution in [-0.2, 0) is 55.4 Å². The molecule has 1 radical (unpaired) electrons. The van der Waals surface area contributed by atoms with Crippen molar-refractivity contribution in [3.05, 3.63) is 69.4 Å². The second-order valence-electron chi connectivity index (χ2n) is 7.10. The van der Waals surface area contributed by atoms with Gasteiger partial charge in [0, 0.05) is 63.3 Å². The van der Waals surface area contributed by atoms with Crippen molar-refractivity contribution < 1.29 is 52.3 Å². The Balaban J connectivity index is 0.000000706. The van der Waals surface area contributed by atoms with Gasteiger partial charge < -0.3 is 20.7 Å². The summed E-state index contributed by atoms with van der Waals surface area (Å²) >= 11 is 5.68. The number of nitrogens with zero attached hydrogens (tertiary/aromatic N) is 1. The van der Waals surface area contributed by atoms with E-state index in [1.807, 2.05) is 38.4 Å². The van der Waals surface area contributed by atoms with Crippen molar-refractivity contribution in [2.75, 3.05) is 12.5 Å². The maximum Gasteiger partial charge on any atom is 0.255 e. The standard InChI is InChI=1S/C15H18N3O3.C7H8ClNO.C2H6.Y/c1-17-14(20)13(3-2-6-19)18-9-11-7-10(8-16)4-5-12(11)15(18)21;1-5-2-6(8)4-7(3-5)9-10;1-2;/h4-7,13,16H,2-3,8-9H2,1H3,(H,17,20);2-4,9-10H,1H3;1-2H3;/q-1;;;. The molecule has 0 aromatic heterocycles. The number of amides is 2. The first-order valence-corrected chi connectivity index (χ1v) is 11.1. The summed E-state index contributed by atoms with van der Waals surface area (Å²) in [7, 11) is 1.52. The van der Waals surface area contributed by atoms with E-state index in [-0.39, 0.29) is 57.5 Å². The van der Waals surface area contributed by atoms with E-state index in [4.69, 9.17) is 22.5 Å². The summed E-state index contributed by atoms with van der Waals surface area (Å²) in [4.78, 5) is 36.5. The maximum absolute atomic E-state index is 12.4. The van der Waals surface area contributed by atoms with E-state index < -0.39 is 6.04 Å². The van der Waals surface area contributed by atoms with Crippen molar-refractivity contribution >= 4 is 35.4 Å². The van der Waals surface area contributed by atoms with Gasteiger partial charge in [-0.05, 0) is 48.7 Å². The smallest absolute Gasteiger partial charge is 0.255 e. The van der Waals surface area contributed by atoms with Gasteiger partial charge >= 0.3 is 0 Å². The van der Waals surface area contributed by atoms with Crippen molar-refractivity contribution in [1.29, 1.82) is 0 Å². The summed E-state index contributed by atoms with van der Waals surface area (Å²) in [6, 6.07) is 9.93. The Hall–Kier alpha value is -1.84. The van der Waals surface area contributed by atoms with Gasteiger partial charge in [-0.1, -0.05) is 43.1 Å². The molecule has 1 atom stereocenters. The second kappa shape index (κ2) is 16.7. The third-order valence-electron chi connectivity index (χ3n) is 4.86. The third kappa shape index (κ3) is 9.08. The summed E-state index contributed by atoms with van der Waals surface area (Å²) < 4.78 is 0. The van der Waals surface area contributed by atoms with Crippen LogP contribution in [0, 0.1) is 6.92 Å². The summed E-state index contributed by atoms with van der Waals surface area (Å²) in [6.07, 6.45) is 1.30. The van der Waals surface area contributed by atoms with Gasteiger partial charge in [0.15, 0.2) is 0 Å². The molecule has 0 saturated carbocycles. The fraction of sp³-hybridized carbons (Fsp3) is 0.375. The molecule has 2 aromatic rings. The molecule has 0 spiro atoms. The van der Waals surface area contributed by atoms with E-state index in [0.717, 1.165) is 23.0 Å². The molecule has 2 amide bonds. The minimum Gasteiger partial charge on any atom is -0.674 e. The zero-order chi connectivity index (χ0) is 25.0. The predicted octanol–water partition coefficient (Wildman–Crippen LogP) is 4.76. The molecule has 8 nitrogen and oxygen atoms in total. The van der Waals surface area contributed by atoms with Gasteiger partial charge in [-0.2, -0.15) is 0 Å². The summed E-state index contributed by atoms with van der Waals surface area (Å²) in [5, 5.41) is 11.6. The number of hydrogen-bond donors (Lipinski definition) is 3. The van der Waals surface area contributed by atoms with Crippen LogP contribution in [0.4, 0.5) is 5.69 Å². The number of rotatable bonds is 7. The van der Waals surface area contributed by atoms with E-state index in [1.165, 1.54) is 11.9 Å².